The van der Waals surface area contributed by atoms with Crippen LogP contribution in [-0.4, -0.2) is 71.6 Å². The number of nitrogens with zero attached hydrogens (tertiary/aromatic N) is 2. The summed E-state index contributed by atoms with van der Waals surface area (Å²) in [6.07, 6.45) is 18.4. The fourth-order valence-electron chi connectivity index (χ4n) is 10.6. The lowest BCUT2D eigenvalue weighted by atomic mass is 9.55. The molecule has 3 aromatic rings. The number of ether oxygens (including phenoxy) is 3. The number of unbranched alkanes of at least 4 members (excludes halogenated alkanes) is 10. The summed E-state index contributed by atoms with van der Waals surface area (Å²) in [4.78, 5) is 35.8. The molecule has 1 saturated carbocycles. The van der Waals surface area contributed by atoms with E-state index in [1.807, 2.05) is 47.4 Å². The fraction of sp³-hybridized carbons (Fsp3) is 0.545. The summed E-state index contributed by atoms with van der Waals surface area (Å²) >= 11 is 0. The monoisotopic (exact) mass is 924 g/mol. The van der Waals surface area contributed by atoms with Gasteiger partial charge in [0.25, 0.3) is 0 Å². The molecule has 67 heavy (non-hydrogen) atoms. The number of allylic oxidation sites excluding steroid dienone is 1. The average Bonchev–Trinajstić information content (AvgIpc) is 3.34. The van der Waals surface area contributed by atoms with Crippen molar-refractivity contribution >= 4 is 17.7 Å². The van der Waals surface area contributed by atoms with Crippen LogP contribution in [0.5, 0.6) is 11.5 Å². The molecular formula is C55H74FN3O8. The predicted molar refractivity (Wildman–Crippen MR) is 260 cm³/mol. The molecule has 3 N–H and O–H groups in total. The van der Waals surface area contributed by atoms with Crippen LogP contribution in [-0.2, 0) is 27.5 Å². The maximum Gasteiger partial charge on any atom is 0.412 e. The third-order valence-electron chi connectivity index (χ3n) is 13.8. The normalized spacial score (nSPS) is 22.2. The average molecular weight is 924 g/mol. The minimum atomic E-state index is -1.46. The SMILES string of the molecule is C=CCO[C@@]12Oc3ccc(OC(=O)NCc4ccccc4)cc3[C@H]3[C@H](CCCCO)[C@@H](CCCCO)C=C(C(=NOC)C[C@@H]1N(Cc1ccc(F)cc1)C(=O)CCCCCCCCCCC)[C@H]32. The van der Waals surface area contributed by atoms with Crippen molar-refractivity contribution < 1.29 is 43.2 Å². The van der Waals surface area contributed by atoms with E-state index in [0.717, 1.165) is 73.6 Å². The van der Waals surface area contributed by atoms with Gasteiger partial charge in [-0.25, -0.2) is 9.18 Å². The van der Waals surface area contributed by atoms with E-state index in [2.05, 4.69) is 24.9 Å². The predicted octanol–water partition coefficient (Wildman–Crippen LogP) is 11.3. The molecule has 0 spiro atoms. The first kappa shape index (κ1) is 51.4. The number of nitrogens with one attached hydrogen (secondary N) is 1. The summed E-state index contributed by atoms with van der Waals surface area (Å²) in [5.74, 6) is -1.79. The molecule has 6 rings (SSSR count). The Balaban J connectivity index is 1.45. The van der Waals surface area contributed by atoms with Crippen LogP contribution in [0.15, 0.2) is 102 Å². The zero-order valence-corrected chi connectivity index (χ0v) is 39.8. The van der Waals surface area contributed by atoms with Crippen molar-refractivity contribution in [1.29, 1.82) is 0 Å². The molecule has 2 aliphatic carbocycles. The van der Waals surface area contributed by atoms with Crippen LogP contribution in [0.1, 0.15) is 139 Å². The molecule has 1 aliphatic heterocycles. The Labute approximate surface area is 397 Å². The summed E-state index contributed by atoms with van der Waals surface area (Å²) in [7, 11) is 1.53. The second-order valence-corrected chi connectivity index (χ2v) is 18.4. The topological polar surface area (TPSA) is 139 Å². The van der Waals surface area contributed by atoms with Crippen molar-refractivity contribution in [2.75, 3.05) is 26.9 Å². The smallest absolute Gasteiger partial charge is 0.412 e. The van der Waals surface area contributed by atoms with Gasteiger partial charge in [-0.2, -0.15) is 0 Å². The van der Waals surface area contributed by atoms with Gasteiger partial charge in [0.2, 0.25) is 11.7 Å². The third-order valence-corrected chi connectivity index (χ3v) is 13.8. The molecule has 1 heterocycles. The summed E-state index contributed by atoms with van der Waals surface area (Å²) in [5, 5.41) is 27.5. The van der Waals surface area contributed by atoms with Crippen molar-refractivity contribution in [3.8, 4) is 11.5 Å². The Morgan fingerprint density at radius 1 is 0.896 bits per heavy atom. The minimum absolute atomic E-state index is 0.0127. The van der Waals surface area contributed by atoms with Gasteiger partial charge in [-0.05, 0) is 91.0 Å². The molecular weight excluding hydrogens is 850 g/mol. The van der Waals surface area contributed by atoms with Crippen molar-refractivity contribution in [2.45, 2.75) is 147 Å². The lowest BCUT2D eigenvalue weighted by Crippen LogP contribution is -2.70. The van der Waals surface area contributed by atoms with E-state index in [9.17, 15) is 19.4 Å². The van der Waals surface area contributed by atoms with E-state index in [1.165, 1.54) is 51.3 Å². The molecule has 0 radical (unpaired) electrons. The quantitative estimate of drug-likeness (QED) is 0.0372. The Morgan fingerprint density at radius 3 is 2.28 bits per heavy atom. The van der Waals surface area contributed by atoms with Gasteiger partial charge in [0.05, 0.1) is 18.2 Å². The molecule has 11 nitrogen and oxygen atoms in total. The minimum Gasteiger partial charge on any atom is -0.459 e. The van der Waals surface area contributed by atoms with Crippen LogP contribution >= 0.6 is 0 Å². The molecule has 2 amide bonds. The Morgan fingerprint density at radius 2 is 1.60 bits per heavy atom. The summed E-state index contributed by atoms with van der Waals surface area (Å²) in [6, 6.07) is 20.6. The van der Waals surface area contributed by atoms with Crippen LogP contribution < -0.4 is 14.8 Å². The molecule has 0 bridgehead atoms. The highest BCUT2D eigenvalue weighted by atomic mass is 19.1. The largest absolute Gasteiger partial charge is 0.459 e. The number of aliphatic hydroxyl groups excluding tert-OH is 2. The second kappa shape index (κ2) is 26.5. The van der Waals surface area contributed by atoms with Gasteiger partial charge in [-0.15, -0.1) is 6.58 Å². The van der Waals surface area contributed by atoms with Crippen LogP contribution in [0.3, 0.4) is 0 Å². The number of carbonyl (C=O) groups excluding carboxylic acids is 2. The van der Waals surface area contributed by atoms with Crippen molar-refractivity contribution in [3.63, 3.8) is 0 Å². The van der Waals surface area contributed by atoms with Crippen molar-refractivity contribution in [3.05, 3.63) is 120 Å². The van der Waals surface area contributed by atoms with Gasteiger partial charge in [-0.3, -0.25) is 4.79 Å². The van der Waals surface area contributed by atoms with Gasteiger partial charge in [-0.1, -0.05) is 131 Å². The first-order valence-corrected chi connectivity index (χ1v) is 24.9. The van der Waals surface area contributed by atoms with E-state index in [4.69, 9.17) is 24.2 Å². The number of oxime groups is 1. The van der Waals surface area contributed by atoms with E-state index in [1.54, 1.807) is 24.3 Å². The number of amides is 2. The Bertz CT molecular complexity index is 2080. The van der Waals surface area contributed by atoms with E-state index < -0.39 is 23.8 Å². The zero-order valence-electron chi connectivity index (χ0n) is 39.8. The number of benzene rings is 3. The van der Waals surface area contributed by atoms with E-state index >= 15 is 4.79 Å². The van der Waals surface area contributed by atoms with Gasteiger partial charge in [0.15, 0.2) is 0 Å². The van der Waals surface area contributed by atoms with Crippen molar-refractivity contribution in [1.82, 2.24) is 10.2 Å². The number of rotatable bonds is 28. The number of fused-ring (bicyclic) bond motifs is 2. The highest BCUT2D eigenvalue weighted by Gasteiger charge is 2.65. The first-order chi connectivity index (χ1) is 32.8. The Hall–Kier alpha value is -5.04. The van der Waals surface area contributed by atoms with Gasteiger partial charge < -0.3 is 39.5 Å². The third kappa shape index (κ3) is 13.6. The van der Waals surface area contributed by atoms with Crippen LogP contribution in [0.25, 0.3) is 0 Å². The van der Waals surface area contributed by atoms with Crippen LogP contribution in [0.4, 0.5) is 9.18 Å². The first-order valence-electron chi connectivity index (χ1n) is 24.9. The van der Waals surface area contributed by atoms with Crippen LogP contribution in [0.2, 0.25) is 0 Å². The number of hydrogen-bond acceptors (Lipinski definition) is 9. The number of aliphatic hydroxyl groups is 2. The molecule has 3 aromatic carbocycles. The van der Waals surface area contributed by atoms with Gasteiger partial charge in [0.1, 0.15) is 30.5 Å². The molecule has 12 heteroatoms. The summed E-state index contributed by atoms with van der Waals surface area (Å²) < 4.78 is 34.8. The van der Waals surface area contributed by atoms with Crippen LogP contribution in [0, 0.1) is 23.6 Å². The number of carbonyl (C=O) groups is 2. The molecule has 0 unspecified atom stereocenters. The van der Waals surface area contributed by atoms with E-state index in [0.29, 0.717) is 43.0 Å². The second-order valence-electron chi connectivity index (χ2n) is 18.4. The molecule has 1 fully saturated rings. The zero-order chi connectivity index (χ0) is 47.4. The lowest BCUT2D eigenvalue weighted by molar-refractivity contribution is -0.258. The van der Waals surface area contributed by atoms with Gasteiger partial charge >= 0.3 is 6.09 Å². The molecule has 0 aromatic heterocycles. The maximum absolute atomic E-state index is 15.0. The molecule has 0 saturated heterocycles. The number of halogens is 1. The van der Waals surface area contributed by atoms with E-state index in [-0.39, 0.29) is 62.3 Å². The highest BCUT2D eigenvalue weighted by Crippen LogP contribution is 2.62. The van der Waals surface area contributed by atoms with Gasteiger partial charge in [0, 0.05) is 50.6 Å². The summed E-state index contributed by atoms with van der Waals surface area (Å²) in [6.45, 7) is 7.02. The standard InChI is InChI=1S/C55H74FN3O8/c1-4-6-7-8-9-10-11-12-16-25-51(62)59(39-41-26-28-43(56)29-27-41)50-37-48(58-64-3)46-35-42(23-17-19-32-60)45(24-18-20-33-61)52-47-36-44(66-54(63)57-38-40-21-14-13-15-22-40)30-31-49(47)67-55(50,53(46)52)65-34-5-2/h5,13-15,21-22,26-31,35-36,42,45,50,52-53,60-61H,2,4,6-12,16-20,23-25,32-34,37-39H2,1,3H3,(H,57,63)/t42-,45+,50-,52+,53+,55+/m0/s1. The Kier molecular flexibility index (Phi) is 20.3. The lowest BCUT2D eigenvalue weighted by Gasteiger charge is -2.60. The fourth-order valence-corrected chi connectivity index (χ4v) is 10.6. The number of hydrogen-bond donors (Lipinski definition) is 3. The summed E-state index contributed by atoms with van der Waals surface area (Å²) in [5.41, 5.74) is 4.13. The van der Waals surface area contributed by atoms with Crippen molar-refractivity contribution in [2.24, 2.45) is 22.9 Å². The highest BCUT2D eigenvalue weighted by molar-refractivity contribution is 6.03. The maximum atomic E-state index is 15.0. The molecule has 364 valence electrons. The molecule has 6 atom stereocenters. The molecule has 3 aliphatic rings.